The quantitative estimate of drug-likeness (QED) is 0.600. The lowest BCUT2D eigenvalue weighted by molar-refractivity contribution is 0.388. The fourth-order valence-corrected chi connectivity index (χ4v) is 3.32. The van der Waals surface area contributed by atoms with E-state index in [1.54, 1.807) is 18.2 Å². The normalized spacial score (nSPS) is 15.6. The molecule has 0 aliphatic carbocycles. The van der Waals surface area contributed by atoms with Gasteiger partial charge in [0.2, 0.25) is 5.88 Å². The Morgan fingerprint density at radius 2 is 1.81 bits per heavy atom. The number of halogens is 1. The third-order valence-electron chi connectivity index (χ3n) is 4.18. The highest BCUT2D eigenvalue weighted by Crippen LogP contribution is 2.43. The first-order valence-corrected chi connectivity index (χ1v) is 8.28. The summed E-state index contributed by atoms with van der Waals surface area (Å²) in [7, 11) is 0. The first-order valence-electron chi connectivity index (χ1n) is 7.49. The molecule has 2 aromatic carbocycles. The van der Waals surface area contributed by atoms with Crippen LogP contribution in [-0.2, 0) is 0 Å². The molecular formula is C20H15BrN2O3. The molecule has 0 radical (unpaired) electrons. The summed E-state index contributed by atoms with van der Waals surface area (Å²) in [6, 6.07) is 16.5. The molecule has 0 spiro atoms. The van der Waals surface area contributed by atoms with Crippen molar-refractivity contribution in [3.63, 3.8) is 0 Å². The highest BCUT2D eigenvalue weighted by molar-refractivity contribution is 9.10. The van der Waals surface area contributed by atoms with Gasteiger partial charge >= 0.3 is 5.63 Å². The second-order valence-corrected chi connectivity index (χ2v) is 6.52. The minimum absolute atomic E-state index is 0. The van der Waals surface area contributed by atoms with Crippen LogP contribution in [0.1, 0.15) is 24.5 Å². The monoisotopic (exact) mass is 410 g/mol. The van der Waals surface area contributed by atoms with Crippen LogP contribution in [0.4, 0.5) is 0 Å². The van der Waals surface area contributed by atoms with Crippen molar-refractivity contribution in [3.05, 3.63) is 86.0 Å². The summed E-state index contributed by atoms with van der Waals surface area (Å²) < 4.78 is 12.0. The van der Waals surface area contributed by atoms with E-state index in [0.29, 0.717) is 16.7 Å². The minimum atomic E-state index is -0.636. The van der Waals surface area contributed by atoms with Crippen molar-refractivity contribution in [2.45, 2.75) is 13.3 Å². The van der Waals surface area contributed by atoms with E-state index in [1.165, 1.54) is 0 Å². The molecule has 2 N–H and O–H groups in total. The lowest BCUT2D eigenvalue weighted by atomic mass is 9.84. The van der Waals surface area contributed by atoms with Crippen molar-refractivity contribution in [1.82, 2.24) is 0 Å². The molecular weight excluding hydrogens is 396 g/mol. The van der Waals surface area contributed by atoms with E-state index in [4.69, 9.17) is 14.9 Å². The van der Waals surface area contributed by atoms with Crippen LogP contribution in [0.5, 0.6) is 5.75 Å². The van der Waals surface area contributed by atoms with Crippen LogP contribution in [0, 0.1) is 11.3 Å². The van der Waals surface area contributed by atoms with Crippen molar-refractivity contribution >= 4 is 26.9 Å². The molecule has 1 aliphatic rings. The van der Waals surface area contributed by atoms with Gasteiger partial charge in [-0.15, -0.1) is 0 Å². The summed E-state index contributed by atoms with van der Waals surface area (Å²) in [5.74, 6) is -0.294. The van der Waals surface area contributed by atoms with Gasteiger partial charge in [-0.05, 0) is 29.8 Å². The Kier molecular flexibility index (Phi) is 4.58. The van der Waals surface area contributed by atoms with Gasteiger partial charge in [-0.3, -0.25) is 0 Å². The summed E-state index contributed by atoms with van der Waals surface area (Å²) in [4.78, 5) is 12.7. The maximum absolute atomic E-state index is 12.7. The largest absolute Gasteiger partial charge is 0.439 e. The molecule has 1 aromatic heterocycles. The Labute approximate surface area is 158 Å². The number of nitriles is 1. The number of nitrogens with two attached hydrogens (primary N) is 1. The third kappa shape index (κ3) is 2.67. The van der Waals surface area contributed by atoms with Crippen LogP contribution in [-0.4, -0.2) is 0 Å². The number of allylic oxidation sites excluding steroid dienone is 1. The van der Waals surface area contributed by atoms with Crippen LogP contribution >= 0.6 is 15.9 Å². The fraction of sp³-hybridized carbons (Fsp3) is 0.100. The Morgan fingerprint density at radius 1 is 1.12 bits per heavy atom. The highest BCUT2D eigenvalue weighted by Gasteiger charge is 2.35. The van der Waals surface area contributed by atoms with Gasteiger partial charge in [-0.1, -0.05) is 47.6 Å². The predicted octanol–water partition coefficient (Wildman–Crippen LogP) is 4.41. The number of hydrogen-bond donors (Lipinski definition) is 1. The predicted molar refractivity (Wildman–Crippen MR) is 103 cm³/mol. The molecule has 2 heterocycles. The van der Waals surface area contributed by atoms with Gasteiger partial charge in [-0.2, -0.15) is 5.26 Å². The average Bonchev–Trinajstić information content (AvgIpc) is 2.61. The van der Waals surface area contributed by atoms with Crippen molar-refractivity contribution in [2.75, 3.05) is 0 Å². The molecule has 1 unspecified atom stereocenters. The first-order chi connectivity index (χ1) is 12.1. The van der Waals surface area contributed by atoms with Crippen molar-refractivity contribution in [2.24, 2.45) is 5.73 Å². The van der Waals surface area contributed by atoms with Gasteiger partial charge in [0.25, 0.3) is 0 Å². The molecule has 0 saturated carbocycles. The van der Waals surface area contributed by atoms with Crippen LogP contribution in [0.2, 0.25) is 0 Å². The van der Waals surface area contributed by atoms with Gasteiger partial charge in [0.15, 0.2) is 5.75 Å². The van der Waals surface area contributed by atoms with E-state index in [9.17, 15) is 10.1 Å². The Morgan fingerprint density at radius 3 is 2.50 bits per heavy atom. The molecule has 0 saturated heterocycles. The summed E-state index contributed by atoms with van der Waals surface area (Å²) in [6.45, 7) is 0. The van der Waals surface area contributed by atoms with Gasteiger partial charge < -0.3 is 14.9 Å². The van der Waals surface area contributed by atoms with Crippen LogP contribution < -0.4 is 16.1 Å². The molecule has 0 amide bonds. The summed E-state index contributed by atoms with van der Waals surface area (Å²) in [5, 5.41) is 10.2. The zero-order chi connectivity index (χ0) is 17.6. The second-order valence-electron chi connectivity index (χ2n) is 5.60. The van der Waals surface area contributed by atoms with E-state index in [0.717, 1.165) is 10.0 Å². The van der Waals surface area contributed by atoms with Crippen molar-refractivity contribution in [1.29, 1.82) is 5.26 Å². The number of benzene rings is 2. The van der Waals surface area contributed by atoms with E-state index in [1.807, 2.05) is 30.3 Å². The van der Waals surface area contributed by atoms with E-state index >= 15 is 0 Å². The summed E-state index contributed by atoms with van der Waals surface area (Å²) >= 11 is 3.39. The van der Waals surface area contributed by atoms with E-state index in [-0.39, 0.29) is 24.4 Å². The number of ether oxygens (including phenoxy) is 1. The maximum Gasteiger partial charge on any atom is 0.344 e. The van der Waals surface area contributed by atoms with E-state index < -0.39 is 11.5 Å². The number of hydrogen-bond acceptors (Lipinski definition) is 5. The van der Waals surface area contributed by atoms with Crippen LogP contribution in [0.15, 0.2) is 73.7 Å². The van der Waals surface area contributed by atoms with Gasteiger partial charge in [0.1, 0.15) is 17.2 Å². The molecule has 26 heavy (non-hydrogen) atoms. The lowest BCUT2D eigenvalue weighted by Gasteiger charge is -2.25. The average molecular weight is 411 g/mol. The fourth-order valence-electron chi connectivity index (χ4n) is 3.05. The van der Waals surface area contributed by atoms with Crippen LogP contribution in [0.3, 0.4) is 0 Å². The van der Waals surface area contributed by atoms with Gasteiger partial charge in [-0.25, -0.2) is 4.79 Å². The van der Waals surface area contributed by atoms with Crippen molar-refractivity contribution < 1.29 is 9.15 Å². The number of para-hydroxylation sites is 1. The second kappa shape index (κ2) is 6.70. The lowest BCUT2D eigenvalue weighted by Crippen LogP contribution is -2.26. The third-order valence-corrected chi connectivity index (χ3v) is 4.71. The molecule has 4 rings (SSSR count). The number of fused-ring (bicyclic) bond motifs is 3. The number of nitrogens with zero attached hydrogens (tertiary/aromatic N) is 1. The molecule has 1 atom stereocenters. The van der Waals surface area contributed by atoms with Crippen LogP contribution in [0.25, 0.3) is 11.0 Å². The van der Waals surface area contributed by atoms with Gasteiger partial charge in [0, 0.05) is 4.47 Å². The van der Waals surface area contributed by atoms with Gasteiger partial charge in [0.05, 0.1) is 16.9 Å². The summed E-state index contributed by atoms with van der Waals surface area (Å²) in [6.07, 6.45) is 0. The standard InChI is InChI=1S/C19H11BrN2O3.CH4/c20-11-7-5-10(6-8-11)15-13(9-21)18(22)25-17-12-3-1-2-4-14(12)24-19(23)16(15)17;/h1-8,15H,22H2;1H4. The molecule has 0 fully saturated rings. The molecule has 130 valence electrons. The van der Waals surface area contributed by atoms with Crippen molar-refractivity contribution in [3.8, 4) is 11.8 Å². The number of rotatable bonds is 1. The smallest absolute Gasteiger partial charge is 0.344 e. The molecule has 3 aromatic rings. The SMILES string of the molecule is C.N#CC1=C(N)Oc2c(c(=O)oc3ccccc23)C1c1ccc(Br)cc1. The first kappa shape index (κ1) is 17.8. The molecule has 0 bridgehead atoms. The Hall–Kier alpha value is -3.04. The molecule has 1 aliphatic heterocycles. The Bertz CT molecular complexity index is 1120. The minimum Gasteiger partial charge on any atom is -0.439 e. The van der Waals surface area contributed by atoms with E-state index in [2.05, 4.69) is 22.0 Å². The topological polar surface area (TPSA) is 89.3 Å². The zero-order valence-electron chi connectivity index (χ0n) is 12.8. The molecule has 6 heteroatoms. The summed E-state index contributed by atoms with van der Waals surface area (Å²) in [5.41, 5.74) is 7.10. The zero-order valence-corrected chi connectivity index (χ0v) is 14.4. The maximum atomic E-state index is 12.7. The Balaban J connectivity index is 0.00000196. The molecule has 5 nitrogen and oxygen atoms in total. The highest BCUT2D eigenvalue weighted by atomic mass is 79.9.